The predicted molar refractivity (Wildman–Crippen MR) is 165 cm³/mol. The van der Waals surface area contributed by atoms with Gasteiger partial charge in [-0.15, -0.1) is 0 Å². The number of aryl methyl sites for hydroxylation is 2. The van der Waals surface area contributed by atoms with Crippen molar-refractivity contribution < 1.29 is 34.8 Å². The van der Waals surface area contributed by atoms with E-state index < -0.39 is 23.6 Å². The Morgan fingerprint density at radius 1 is 1.10 bits per heavy atom. The molecule has 1 aliphatic heterocycles. The number of aliphatic hydroxyl groups is 2. The molecule has 0 spiro atoms. The molecule has 7 heteroatoms. The third-order valence-electron chi connectivity index (χ3n) is 11.5. The van der Waals surface area contributed by atoms with Crippen LogP contribution in [0, 0.1) is 41.9 Å². The van der Waals surface area contributed by atoms with Crippen molar-refractivity contribution in [2.24, 2.45) is 35.0 Å². The number of benzene rings is 1. The minimum atomic E-state index is -1.17. The number of rotatable bonds is 13. The van der Waals surface area contributed by atoms with Crippen molar-refractivity contribution in [1.29, 1.82) is 0 Å². The maximum atomic E-state index is 14.0. The molecule has 1 saturated heterocycles. The molecular formula is C35H56O7. The number of carbonyl (C=O) groups excluding carboxylic acids is 1. The molecule has 0 bridgehead atoms. The Balaban J connectivity index is 1.69. The van der Waals surface area contributed by atoms with Gasteiger partial charge < -0.3 is 25.2 Å². The molecule has 3 rings (SSSR count). The van der Waals surface area contributed by atoms with Crippen LogP contribution in [0.25, 0.3) is 0 Å². The summed E-state index contributed by atoms with van der Waals surface area (Å²) in [7, 11) is 0. The second-order valence-electron chi connectivity index (χ2n) is 13.8. The van der Waals surface area contributed by atoms with E-state index in [1.165, 1.54) is 0 Å². The molecule has 1 aromatic rings. The monoisotopic (exact) mass is 588 g/mol. The fourth-order valence-electron chi connectivity index (χ4n) is 8.26. The molecule has 7 nitrogen and oxygen atoms in total. The maximum Gasteiger partial charge on any atom is 0.339 e. The number of Topliss-reactive ketones (excluding diaryl/α,β-unsaturated/α-hetero) is 1. The Bertz CT molecular complexity index is 1100. The molecule has 0 radical (unpaired) electrons. The Hall–Kier alpha value is -1.96. The summed E-state index contributed by atoms with van der Waals surface area (Å²) in [4.78, 5) is 25.8. The van der Waals surface area contributed by atoms with Crippen LogP contribution in [-0.4, -0.2) is 56.1 Å². The first-order valence-electron chi connectivity index (χ1n) is 16.3. The van der Waals surface area contributed by atoms with E-state index in [-0.39, 0.29) is 52.5 Å². The van der Waals surface area contributed by atoms with E-state index in [2.05, 4.69) is 20.8 Å². The number of hydrogen-bond donors (Lipinski definition) is 4. The minimum absolute atomic E-state index is 0.0162. The highest BCUT2D eigenvalue weighted by atomic mass is 16.5. The van der Waals surface area contributed by atoms with E-state index in [0.29, 0.717) is 36.3 Å². The first kappa shape index (κ1) is 34.5. The van der Waals surface area contributed by atoms with Gasteiger partial charge in [-0.1, -0.05) is 53.7 Å². The number of phenols is 1. The highest BCUT2D eigenvalue weighted by molar-refractivity contribution is 5.93. The van der Waals surface area contributed by atoms with Gasteiger partial charge in [0.1, 0.15) is 17.1 Å². The lowest BCUT2D eigenvalue weighted by Gasteiger charge is -2.47. The zero-order valence-corrected chi connectivity index (χ0v) is 27.2. The van der Waals surface area contributed by atoms with Crippen molar-refractivity contribution in [3.05, 3.63) is 28.8 Å². The average molecular weight is 589 g/mol. The molecular weight excluding hydrogens is 532 g/mol. The third kappa shape index (κ3) is 6.73. The van der Waals surface area contributed by atoms with Crippen molar-refractivity contribution in [2.75, 3.05) is 0 Å². The average Bonchev–Trinajstić information content (AvgIpc) is 3.31. The fraction of sp³-hybridized carbons (Fsp3) is 0.771. The molecule has 0 unspecified atom stereocenters. The third-order valence-corrected chi connectivity index (χ3v) is 11.5. The number of aromatic carboxylic acids is 1. The summed E-state index contributed by atoms with van der Waals surface area (Å²) in [6.07, 6.45) is 5.77. The van der Waals surface area contributed by atoms with Crippen LogP contribution < -0.4 is 0 Å². The summed E-state index contributed by atoms with van der Waals surface area (Å²) in [5.74, 6) is -1.62. The van der Waals surface area contributed by atoms with E-state index in [1.807, 2.05) is 27.7 Å². The Labute approximate surface area is 253 Å². The van der Waals surface area contributed by atoms with Gasteiger partial charge >= 0.3 is 5.97 Å². The van der Waals surface area contributed by atoms with Gasteiger partial charge in [0.15, 0.2) is 0 Å². The second kappa shape index (κ2) is 13.8. The van der Waals surface area contributed by atoms with Crippen LogP contribution in [-0.2, 0) is 16.0 Å². The first-order valence-corrected chi connectivity index (χ1v) is 16.3. The van der Waals surface area contributed by atoms with Crippen molar-refractivity contribution in [3.8, 4) is 5.75 Å². The molecule has 4 N–H and O–H groups in total. The number of carbonyl (C=O) groups is 2. The number of ether oxygens (including phenoxy) is 1. The highest BCUT2D eigenvalue weighted by Crippen LogP contribution is 2.56. The molecule has 1 saturated carbocycles. The normalized spacial score (nSPS) is 32.7. The molecule has 42 heavy (non-hydrogen) atoms. The molecule has 2 fully saturated rings. The summed E-state index contributed by atoms with van der Waals surface area (Å²) >= 11 is 0. The molecule has 1 aromatic carbocycles. The van der Waals surface area contributed by atoms with Crippen LogP contribution in [0.2, 0.25) is 0 Å². The number of aliphatic hydroxyl groups excluding tert-OH is 1. The Morgan fingerprint density at radius 2 is 1.76 bits per heavy atom. The molecule has 238 valence electrons. The van der Waals surface area contributed by atoms with Crippen LogP contribution in [0.5, 0.6) is 5.75 Å². The number of ketones is 1. The summed E-state index contributed by atoms with van der Waals surface area (Å²) in [6, 6.07) is 3.43. The maximum absolute atomic E-state index is 14.0. The molecule has 0 amide bonds. The standard InChI is InChI=1S/C35H56O7/c1-9-26(27-19-34(10-2,18-22(27)6)28-16-17-35(41,11-3)24(8)42-28)32(38)23(7)30(36)20(4)12-14-25-15-13-21(5)31(37)29(25)33(39)40/h13,15,20,22-24,26-28,30,36-37,41H,9-12,14,16-19H2,1-8H3,(H,39,40)/t20-,22+,23+,24+,26-,27+,28-,30+,34-,35-/m1/s1. The number of carboxylic acid groups (broad SMARTS) is 1. The largest absolute Gasteiger partial charge is 0.507 e. The van der Waals surface area contributed by atoms with Crippen molar-refractivity contribution in [2.45, 2.75) is 137 Å². The van der Waals surface area contributed by atoms with Crippen LogP contribution >= 0.6 is 0 Å². The van der Waals surface area contributed by atoms with Crippen LogP contribution in [0.3, 0.4) is 0 Å². The number of hydrogen-bond acceptors (Lipinski definition) is 6. The molecule has 2 aliphatic rings. The van der Waals surface area contributed by atoms with Gasteiger partial charge in [0.25, 0.3) is 0 Å². The molecule has 0 aromatic heterocycles. The highest BCUT2D eigenvalue weighted by Gasteiger charge is 2.54. The van der Waals surface area contributed by atoms with Crippen molar-refractivity contribution in [3.63, 3.8) is 0 Å². The summed E-state index contributed by atoms with van der Waals surface area (Å²) in [6.45, 7) is 16.0. The van der Waals surface area contributed by atoms with Gasteiger partial charge in [0, 0.05) is 11.8 Å². The van der Waals surface area contributed by atoms with E-state index in [0.717, 1.165) is 38.5 Å². The predicted octanol–water partition coefficient (Wildman–Crippen LogP) is 6.71. The molecule has 10 atom stereocenters. The first-order chi connectivity index (χ1) is 19.7. The lowest BCUT2D eigenvalue weighted by molar-refractivity contribution is -0.200. The zero-order chi connectivity index (χ0) is 31.6. The van der Waals surface area contributed by atoms with E-state index in [4.69, 9.17) is 4.74 Å². The van der Waals surface area contributed by atoms with Gasteiger partial charge in [-0.05, 0) is 106 Å². The Morgan fingerprint density at radius 3 is 2.31 bits per heavy atom. The lowest BCUT2D eigenvalue weighted by atomic mass is 9.70. The topological polar surface area (TPSA) is 124 Å². The molecule has 1 aliphatic carbocycles. The van der Waals surface area contributed by atoms with Gasteiger partial charge in [0.2, 0.25) is 0 Å². The second-order valence-corrected chi connectivity index (χ2v) is 13.8. The summed E-state index contributed by atoms with van der Waals surface area (Å²) in [5, 5.41) is 42.2. The lowest BCUT2D eigenvalue weighted by Crippen LogP contribution is -2.52. The minimum Gasteiger partial charge on any atom is -0.507 e. The van der Waals surface area contributed by atoms with Crippen LogP contribution in [0.15, 0.2) is 12.1 Å². The fourth-order valence-corrected chi connectivity index (χ4v) is 8.26. The summed E-state index contributed by atoms with van der Waals surface area (Å²) < 4.78 is 6.53. The Kier molecular flexibility index (Phi) is 11.3. The summed E-state index contributed by atoms with van der Waals surface area (Å²) in [5.41, 5.74) is 0.167. The van der Waals surface area contributed by atoms with Gasteiger partial charge in [-0.2, -0.15) is 0 Å². The smallest absolute Gasteiger partial charge is 0.339 e. The quantitative estimate of drug-likeness (QED) is 0.202. The SMILES string of the molecule is CC[C@@H](C(=O)[C@@H](C)[C@@H](O)[C@H](C)CCc1ccc(C)c(O)c1C(=O)O)[C@H]1C[C@](CC)([C@H]2CC[C@](O)(CC)[C@H](C)O2)C[C@@H]1C. The van der Waals surface area contributed by atoms with Gasteiger partial charge in [0.05, 0.1) is 23.9 Å². The van der Waals surface area contributed by atoms with Gasteiger partial charge in [-0.3, -0.25) is 4.79 Å². The van der Waals surface area contributed by atoms with E-state index in [1.54, 1.807) is 19.1 Å². The van der Waals surface area contributed by atoms with Crippen LogP contribution in [0.1, 0.15) is 121 Å². The van der Waals surface area contributed by atoms with Crippen molar-refractivity contribution >= 4 is 11.8 Å². The van der Waals surface area contributed by atoms with E-state index in [9.17, 15) is 30.0 Å². The van der Waals surface area contributed by atoms with E-state index >= 15 is 0 Å². The zero-order valence-electron chi connectivity index (χ0n) is 27.2. The van der Waals surface area contributed by atoms with Crippen LogP contribution in [0.4, 0.5) is 0 Å². The number of aromatic hydroxyl groups is 1. The molecule has 1 heterocycles. The number of carboxylic acids is 1. The van der Waals surface area contributed by atoms with Crippen molar-refractivity contribution in [1.82, 2.24) is 0 Å². The van der Waals surface area contributed by atoms with Gasteiger partial charge in [-0.25, -0.2) is 4.79 Å².